The highest BCUT2D eigenvalue weighted by atomic mass is 28.4. The third-order valence-corrected chi connectivity index (χ3v) is 10.5. The van der Waals surface area contributed by atoms with Crippen molar-refractivity contribution >= 4 is 8.32 Å². The third kappa shape index (κ3) is 7.02. The Morgan fingerprint density at radius 2 is 1.76 bits per heavy atom. The first-order valence-electron chi connectivity index (χ1n) is 10.3. The monoisotopic (exact) mass is 422 g/mol. The van der Waals surface area contributed by atoms with Crippen molar-refractivity contribution in [3.8, 4) is 0 Å². The number of hydrogen-bond donors (Lipinski definition) is 0. The normalized spacial score (nSPS) is 23.0. The first-order valence-corrected chi connectivity index (χ1v) is 13.2. The average molecular weight is 423 g/mol. The molecule has 2 rings (SSSR count). The van der Waals surface area contributed by atoms with Gasteiger partial charge in [-0.3, -0.25) is 0 Å². The van der Waals surface area contributed by atoms with Crippen LogP contribution in [0.5, 0.6) is 0 Å². The highest BCUT2D eigenvalue weighted by molar-refractivity contribution is 6.74. The molecule has 0 heterocycles. The van der Waals surface area contributed by atoms with Crippen LogP contribution in [0.3, 0.4) is 0 Å². The first-order chi connectivity index (χ1) is 13.7. The average Bonchev–Trinajstić information content (AvgIpc) is 2.96. The molecule has 0 aliphatic heterocycles. The van der Waals surface area contributed by atoms with Crippen LogP contribution < -0.4 is 0 Å². The van der Waals surface area contributed by atoms with Crippen LogP contribution in [-0.2, 0) is 30.0 Å². The van der Waals surface area contributed by atoms with Crippen molar-refractivity contribution < 1.29 is 23.4 Å². The van der Waals surface area contributed by atoms with E-state index in [1.165, 1.54) is 0 Å². The Labute approximate surface area is 177 Å². The van der Waals surface area contributed by atoms with Crippen molar-refractivity contribution in [3.05, 3.63) is 48.0 Å². The van der Waals surface area contributed by atoms with Crippen molar-refractivity contribution in [3.63, 3.8) is 0 Å². The van der Waals surface area contributed by atoms with Gasteiger partial charge in [0.15, 0.2) is 8.32 Å². The Morgan fingerprint density at radius 1 is 1.07 bits per heavy atom. The number of rotatable bonds is 11. The van der Waals surface area contributed by atoms with Gasteiger partial charge in [0.2, 0.25) is 0 Å². The van der Waals surface area contributed by atoms with E-state index in [-0.39, 0.29) is 36.7 Å². The van der Waals surface area contributed by atoms with E-state index >= 15 is 0 Å². The predicted octanol–water partition coefficient (Wildman–Crippen LogP) is 5.13. The predicted molar refractivity (Wildman–Crippen MR) is 118 cm³/mol. The molecular formula is C23H38O5Si. The van der Waals surface area contributed by atoms with Crippen LogP contribution in [0.1, 0.15) is 32.8 Å². The molecule has 1 aromatic carbocycles. The molecule has 1 aromatic rings. The summed E-state index contributed by atoms with van der Waals surface area (Å²) in [5, 5.41) is 0.153. The van der Waals surface area contributed by atoms with E-state index < -0.39 is 8.32 Å². The van der Waals surface area contributed by atoms with Crippen LogP contribution in [0.4, 0.5) is 0 Å². The van der Waals surface area contributed by atoms with Crippen LogP contribution in [0.2, 0.25) is 18.1 Å². The zero-order valence-electron chi connectivity index (χ0n) is 18.9. The Balaban J connectivity index is 1.95. The topological polar surface area (TPSA) is 46.2 Å². The molecule has 1 fully saturated rings. The maximum absolute atomic E-state index is 6.50. The van der Waals surface area contributed by atoms with Crippen LogP contribution in [0.25, 0.3) is 0 Å². The van der Waals surface area contributed by atoms with Gasteiger partial charge in [0.05, 0.1) is 18.8 Å². The summed E-state index contributed by atoms with van der Waals surface area (Å²) in [6.07, 6.45) is 0.585. The second-order valence-electron chi connectivity index (χ2n) is 9.25. The lowest BCUT2D eigenvalue weighted by molar-refractivity contribution is -0.129. The van der Waals surface area contributed by atoms with Gasteiger partial charge < -0.3 is 23.4 Å². The molecule has 164 valence electrons. The molecular weight excluding hydrogens is 384 g/mol. The van der Waals surface area contributed by atoms with E-state index in [1.54, 1.807) is 7.11 Å². The summed E-state index contributed by atoms with van der Waals surface area (Å²) >= 11 is 0. The highest BCUT2D eigenvalue weighted by Crippen LogP contribution is 2.40. The lowest BCUT2D eigenvalue weighted by Crippen LogP contribution is -2.44. The summed E-state index contributed by atoms with van der Waals surface area (Å²) in [4.78, 5) is 0. The highest BCUT2D eigenvalue weighted by Gasteiger charge is 2.44. The lowest BCUT2D eigenvalue weighted by atomic mass is 10.0. The van der Waals surface area contributed by atoms with Gasteiger partial charge >= 0.3 is 0 Å². The summed E-state index contributed by atoms with van der Waals surface area (Å²) in [6.45, 7) is 17.1. The quantitative estimate of drug-likeness (QED) is 0.214. The van der Waals surface area contributed by atoms with Gasteiger partial charge in [0.1, 0.15) is 13.6 Å². The molecule has 1 saturated carbocycles. The first kappa shape index (κ1) is 24.2. The van der Waals surface area contributed by atoms with Crippen LogP contribution >= 0.6 is 0 Å². The zero-order chi connectivity index (χ0) is 21.5. The van der Waals surface area contributed by atoms with E-state index in [1.807, 2.05) is 30.3 Å². The number of benzene rings is 1. The third-order valence-electron chi connectivity index (χ3n) is 6.02. The van der Waals surface area contributed by atoms with Crippen molar-refractivity contribution in [2.75, 3.05) is 27.3 Å². The fourth-order valence-electron chi connectivity index (χ4n) is 3.17. The van der Waals surface area contributed by atoms with E-state index in [0.717, 1.165) is 17.6 Å². The smallest absolute Gasteiger partial charge is 0.191 e. The van der Waals surface area contributed by atoms with Gasteiger partial charge in [-0.05, 0) is 35.7 Å². The Morgan fingerprint density at radius 3 is 2.38 bits per heavy atom. The maximum Gasteiger partial charge on any atom is 0.191 e. The molecule has 1 aliphatic rings. The fourth-order valence-corrected chi connectivity index (χ4v) is 4.22. The van der Waals surface area contributed by atoms with Gasteiger partial charge in [0, 0.05) is 19.6 Å². The molecule has 29 heavy (non-hydrogen) atoms. The summed E-state index contributed by atoms with van der Waals surface area (Å²) in [7, 11) is -0.235. The molecule has 6 heteroatoms. The number of methoxy groups -OCH3 is 1. The minimum atomic E-state index is -1.87. The van der Waals surface area contributed by atoms with Gasteiger partial charge in [0.25, 0.3) is 0 Å². The van der Waals surface area contributed by atoms with Crippen molar-refractivity contribution in [2.24, 2.45) is 5.92 Å². The van der Waals surface area contributed by atoms with E-state index in [9.17, 15) is 0 Å². The Hall–Kier alpha value is -1.02. The molecule has 0 aromatic heterocycles. The fraction of sp³-hybridized carbons (Fsp3) is 0.652. The molecule has 1 aliphatic carbocycles. The summed E-state index contributed by atoms with van der Waals surface area (Å²) in [5.41, 5.74) is 2.15. The Bertz CT molecular complexity index is 626. The van der Waals surface area contributed by atoms with Crippen molar-refractivity contribution in [1.29, 1.82) is 0 Å². The van der Waals surface area contributed by atoms with Gasteiger partial charge in [-0.25, -0.2) is 0 Å². The summed E-state index contributed by atoms with van der Waals surface area (Å²) < 4.78 is 29.4. The van der Waals surface area contributed by atoms with E-state index in [2.05, 4.69) is 40.4 Å². The standard InChI is InChI=1S/C23H38O5Si/c1-18-13-21(26-16-24-5)20(15-28-29(6,7)23(2,3)4)22(18)27-17-25-14-19-11-9-8-10-12-19/h8-12,20-22H,1,13-17H2,2-7H3/t20-,21?,22-/m1/s1. The number of ether oxygens (including phenoxy) is 4. The van der Waals surface area contributed by atoms with Crippen LogP contribution in [0.15, 0.2) is 42.5 Å². The molecule has 1 unspecified atom stereocenters. The molecule has 0 saturated heterocycles. The van der Waals surface area contributed by atoms with Crippen molar-refractivity contribution in [1.82, 2.24) is 0 Å². The van der Waals surface area contributed by atoms with Gasteiger partial charge in [-0.2, -0.15) is 0 Å². The van der Waals surface area contributed by atoms with E-state index in [4.69, 9.17) is 23.4 Å². The van der Waals surface area contributed by atoms with Gasteiger partial charge in [-0.15, -0.1) is 0 Å². The summed E-state index contributed by atoms with van der Waals surface area (Å²) in [6, 6.07) is 10.1. The molecule has 0 amide bonds. The van der Waals surface area contributed by atoms with E-state index in [0.29, 0.717) is 13.2 Å². The second kappa shape index (κ2) is 10.8. The zero-order valence-corrected chi connectivity index (χ0v) is 19.9. The molecule has 0 N–H and O–H groups in total. The molecule has 3 atom stereocenters. The maximum atomic E-state index is 6.50. The van der Waals surface area contributed by atoms with Crippen LogP contribution in [-0.4, -0.2) is 47.8 Å². The largest absolute Gasteiger partial charge is 0.416 e. The van der Waals surface area contributed by atoms with Crippen LogP contribution in [0, 0.1) is 5.92 Å². The van der Waals surface area contributed by atoms with Crippen molar-refractivity contribution in [2.45, 2.75) is 64.1 Å². The lowest BCUT2D eigenvalue weighted by Gasteiger charge is -2.38. The molecule has 0 bridgehead atoms. The summed E-state index contributed by atoms with van der Waals surface area (Å²) in [5.74, 6) is 0.0760. The molecule has 5 nitrogen and oxygen atoms in total. The van der Waals surface area contributed by atoms with Gasteiger partial charge in [-0.1, -0.05) is 57.7 Å². The number of hydrogen-bond acceptors (Lipinski definition) is 5. The second-order valence-corrected chi connectivity index (χ2v) is 14.1. The minimum Gasteiger partial charge on any atom is -0.416 e. The minimum absolute atomic E-state index is 0.0219. The Kier molecular flexibility index (Phi) is 9.07. The molecule has 0 radical (unpaired) electrons. The molecule has 0 spiro atoms. The SMILES string of the molecule is C=C1CC(OCOC)[C@@H](CO[Si](C)(C)C(C)(C)C)[C@@H]1OCOCc1ccccc1.